The molecule has 0 saturated carbocycles. The van der Waals surface area contributed by atoms with E-state index in [4.69, 9.17) is 10.5 Å². The number of nitrogens with two attached hydrogens (primary N) is 1. The molecule has 1 saturated heterocycles. The van der Waals surface area contributed by atoms with Crippen molar-refractivity contribution in [3.8, 4) is 0 Å². The molecule has 2 N–H and O–H groups in total. The SMILES string of the molecule is NC1COCC1c1ccccc1Br. The van der Waals surface area contributed by atoms with E-state index >= 15 is 0 Å². The molecular formula is C10H12BrNO. The molecule has 0 spiro atoms. The zero-order valence-corrected chi connectivity index (χ0v) is 8.83. The first-order valence-corrected chi connectivity index (χ1v) is 5.16. The monoisotopic (exact) mass is 241 g/mol. The van der Waals surface area contributed by atoms with Crippen LogP contribution in [0, 0.1) is 0 Å². The third-order valence-corrected chi connectivity index (χ3v) is 3.15. The van der Waals surface area contributed by atoms with Gasteiger partial charge in [-0.2, -0.15) is 0 Å². The van der Waals surface area contributed by atoms with Gasteiger partial charge in [-0.25, -0.2) is 0 Å². The van der Waals surface area contributed by atoms with Crippen molar-refractivity contribution in [2.45, 2.75) is 12.0 Å². The maximum atomic E-state index is 5.93. The Bertz CT molecular complexity index is 303. The lowest BCUT2D eigenvalue weighted by Gasteiger charge is -2.14. The predicted molar refractivity (Wildman–Crippen MR) is 55.7 cm³/mol. The summed E-state index contributed by atoms with van der Waals surface area (Å²) in [6.45, 7) is 1.41. The van der Waals surface area contributed by atoms with Crippen molar-refractivity contribution in [2.75, 3.05) is 13.2 Å². The summed E-state index contributed by atoms with van der Waals surface area (Å²) >= 11 is 3.52. The van der Waals surface area contributed by atoms with E-state index in [0.29, 0.717) is 12.5 Å². The van der Waals surface area contributed by atoms with Gasteiger partial charge in [-0.15, -0.1) is 0 Å². The van der Waals surface area contributed by atoms with Gasteiger partial charge in [-0.1, -0.05) is 34.1 Å². The molecule has 2 atom stereocenters. The highest BCUT2D eigenvalue weighted by Gasteiger charge is 2.27. The normalized spacial score (nSPS) is 27.8. The number of hydrogen-bond donors (Lipinski definition) is 1. The Kier molecular flexibility index (Phi) is 2.67. The maximum Gasteiger partial charge on any atom is 0.0624 e. The molecule has 1 aliphatic rings. The second-order valence-corrected chi connectivity index (χ2v) is 4.18. The highest BCUT2D eigenvalue weighted by atomic mass is 79.9. The quantitative estimate of drug-likeness (QED) is 0.816. The minimum atomic E-state index is 0.138. The lowest BCUT2D eigenvalue weighted by Crippen LogP contribution is -2.26. The fourth-order valence-electron chi connectivity index (χ4n) is 1.67. The van der Waals surface area contributed by atoms with Crippen LogP contribution in [0.2, 0.25) is 0 Å². The molecule has 70 valence electrons. The van der Waals surface area contributed by atoms with Crippen molar-refractivity contribution in [3.05, 3.63) is 34.3 Å². The summed E-state index contributed by atoms with van der Waals surface area (Å²) in [5, 5.41) is 0. The largest absolute Gasteiger partial charge is 0.379 e. The van der Waals surface area contributed by atoms with Gasteiger partial charge in [0.25, 0.3) is 0 Å². The van der Waals surface area contributed by atoms with Crippen LogP contribution in [0.5, 0.6) is 0 Å². The van der Waals surface area contributed by atoms with Gasteiger partial charge in [-0.05, 0) is 11.6 Å². The van der Waals surface area contributed by atoms with Crippen LogP contribution in [-0.4, -0.2) is 19.3 Å². The van der Waals surface area contributed by atoms with Crippen LogP contribution in [0.4, 0.5) is 0 Å². The third-order valence-electron chi connectivity index (χ3n) is 2.43. The molecule has 0 bridgehead atoms. The lowest BCUT2D eigenvalue weighted by molar-refractivity contribution is 0.191. The Morgan fingerprint density at radius 3 is 2.69 bits per heavy atom. The molecular weight excluding hydrogens is 230 g/mol. The smallest absolute Gasteiger partial charge is 0.0624 e. The van der Waals surface area contributed by atoms with Gasteiger partial charge < -0.3 is 10.5 Å². The van der Waals surface area contributed by atoms with Gasteiger partial charge in [0.2, 0.25) is 0 Å². The number of rotatable bonds is 1. The Morgan fingerprint density at radius 2 is 2.08 bits per heavy atom. The van der Waals surface area contributed by atoms with Crippen molar-refractivity contribution in [1.29, 1.82) is 0 Å². The predicted octanol–water partition coefficient (Wildman–Crippen LogP) is 1.89. The zero-order chi connectivity index (χ0) is 9.26. The van der Waals surface area contributed by atoms with Gasteiger partial charge in [0.15, 0.2) is 0 Å². The first kappa shape index (κ1) is 9.19. The highest BCUT2D eigenvalue weighted by Crippen LogP contribution is 2.29. The fraction of sp³-hybridized carbons (Fsp3) is 0.400. The van der Waals surface area contributed by atoms with E-state index in [0.717, 1.165) is 11.1 Å². The molecule has 1 aliphatic heterocycles. The summed E-state index contributed by atoms with van der Waals surface area (Å²) in [5.74, 6) is 0.343. The highest BCUT2D eigenvalue weighted by molar-refractivity contribution is 9.10. The molecule has 1 heterocycles. The van der Waals surface area contributed by atoms with Crippen molar-refractivity contribution < 1.29 is 4.74 Å². The molecule has 2 rings (SSSR count). The molecule has 0 aliphatic carbocycles. The van der Waals surface area contributed by atoms with E-state index in [1.165, 1.54) is 5.56 Å². The molecule has 3 heteroatoms. The van der Waals surface area contributed by atoms with Crippen LogP contribution in [0.15, 0.2) is 28.7 Å². The molecule has 1 aromatic carbocycles. The molecule has 0 aromatic heterocycles. The lowest BCUT2D eigenvalue weighted by atomic mass is 9.95. The molecule has 2 nitrogen and oxygen atoms in total. The van der Waals surface area contributed by atoms with E-state index in [2.05, 4.69) is 22.0 Å². The third kappa shape index (κ3) is 1.77. The molecule has 0 radical (unpaired) electrons. The van der Waals surface area contributed by atoms with E-state index in [1.54, 1.807) is 0 Å². The van der Waals surface area contributed by atoms with Crippen molar-refractivity contribution in [1.82, 2.24) is 0 Å². The molecule has 0 amide bonds. The van der Waals surface area contributed by atoms with Crippen LogP contribution < -0.4 is 5.73 Å². The summed E-state index contributed by atoms with van der Waals surface area (Å²) < 4.78 is 6.46. The summed E-state index contributed by atoms with van der Waals surface area (Å²) in [5.41, 5.74) is 7.19. The van der Waals surface area contributed by atoms with E-state index in [1.807, 2.05) is 18.2 Å². The minimum absolute atomic E-state index is 0.138. The van der Waals surface area contributed by atoms with Crippen LogP contribution >= 0.6 is 15.9 Å². The van der Waals surface area contributed by atoms with Crippen molar-refractivity contribution >= 4 is 15.9 Å². The number of ether oxygens (including phenoxy) is 1. The summed E-state index contributed by atoms with van der Waals surface area (Å²) in [6, 6.07) is 8.32. The zero-order valence-electron chi connectivity index (χ0n) is 7.24. The standard InChI is InChI=1S/C10H12BrNO/c11-9-4-2-1-3-7(9)8-5-13-6-10(8)12/h1-4,8,10H,5-6,12H2. The van der Waals surface area contributed by atoms with Crippen molar-refractivity contribution in [2.24, 2.45) is 5.73 Å². The Hall–Kier alpha value is -0.380. The van der Waals surface area contributed by atoms with Crippen LogP contribution in [0.3, 0.4) is 0 Å². The van der Waals surface area contributed by atoms with Crippen LogP contribution in [-0.2, 0) is 4.74 Å². The number of hydrogen-bond acceptors (Lipinski definition) is 2. The maximum absolute atomic E-state index is 5.93. The fourth-order valence-corrected chi connectivity index (χ4v) is 2.25. The number of benzene rings is 1. The van der Waals surface area contributed by atoms with Gasteiger partial charge in [0.1, 0.15) is 0 Å². The van der Waals surface area contributed by atoms with Gasteiger partial charge in [0.05, 0.1) is 13.2 Å². The van der Waals surface area contributed by atoms with Gasteiger partial charge >= 0.3 is 0 Å². The summed E-state index contributed by atoms with van der Waals surface area (Å²) in [6.07, 6.45) is 0. The second kappa shape index (κ2) is 3.78. The van der Waals surface area contributed by atoms with E-state index in [9.17, 15) is 0 Å². The summed E-state index contributed by atoms with van der Waals surface area (Å²) in [4.78, 5) is 0. The number of halogens is 1. The molecule has 2 unspecified atom stereocenters. The van der Waals surface area contributed by atoms with E-state index in [-0.39, 0.29) is 6.04 Å². The molecule has 1 fully saturated rings. The average Bonchev–Trinajstić information content (AvgIpc) is 2.52. The van der Waals surface area contributed by atoms with Crippen LogP contribution in [0.25, 0.3) is 0 Å². The molecule has 13 heavy (non-hydrogen) atoms. The topological polar surface area (TPSA) is 35.2 Å². The summed E-state index contributed by atoms with van der Waals surface area (Å²) in [7, 11) is 0. The average molecular weight is 242 g/mol. The Labute approximate surface area is 86.2 Å². The second-order valence-electron chi connectivity index (χ2n) is 3.33. The van der Waals surface area contributed by atoms with Gasteiger partial charge in [0, 0.05) is 16.4 Å². The van der Waals surface area contributed by atoms with Crippen LogP contribution in [0.1, 0.15) is 11.5 Å². The Balaban J connectivity index is 2.29. The first-order valence-electron chi connectivity index (χ1n) is 4.37. The minimum Gasteiger partial charge on any atom is -0.379 e. The van der Waals surface area contributed by atoms with E-state index < -0.39 is 0 Å². The molecule has 1 aromatic rings. The Morgan fingerprint density at radius 1 is 1.31 bits per heavy atom. The first-order chi connectivity index (χ1) is 6.29. The van der Waals surface area contributed by atoms with Gasteiger partial charge in [-0.3, -0.25) is 0 Å². The van der Waals surface area contributed by atoms with Crippen molar-refractivity contribution in [3.63, 3.8) is 0 Å².